The first-order valence-electron chi connectivity index (χ1n) is 6.66. The van der Waals surface area contributed by atoms with E-state index in [4.69, 9.17) is 4.42 Å². The minimum Gasteiger partial charge on any atom is -0.461 e. The van der Waals surface area contributed by atoms with E-state index in [1.165, 1.54) is 10.8 Å². The number of aromatic amines is 1. The van der Waals surface area contributed by atoms with Crippen molar-refractivity contribution < 1.29 is 4.42 Å². The molecule has 0 unspecified atom stereocenters. The number of nitrogens with one attached hydrogen (secondary N) is 1. The molecule has 0 radical (unpaired) electrons. The highest BCUT2D eigenvalue weighted by atomic mass is 16.3. The van der Waals surface area contributed by atoms with Crippen molar-refractivity contribution in [3.8, 4) is 11.6 Å². The second kappa shape index (κ2) is 4.30. The number of H-pyrrole nitrogens is 1. The van der Waals surface area contributed by atoms with E-state index < -0.39 is 0 Å². The van der Waals surface area contributed by atoms with Gasteiger partial charge in [-0.25, -0.2) is 4.98 Å². The first-order valence-corrected chi connectivity index (χ1v) is 6.66. The zero-order valence-electron chi connectivity index (χ0n) is 11.3. The second-order valence-electron chi connectivity index (χ2n) is 4.68. The topological polar surface area (TPSA) is 94.0 Å². The van der Waals surface area contributed by atoms with Crippen molar-refractivity contribution in [2.75, 3.05) is 0 Å². The summed E-state index contributed by atoms with van der Waals surface area (Å²) < 4.78 is 8.46. The monoisotopic (exact) mass is 284 g/mol. The van der Waals surface area contributed by atoms with Crippen LogP contribution in [0.1, 0.15) is 13.3 Å². The van der Waals surface area contributed by atoms with Gasteiger partial charge in [-0.1, -0.05) is 6.92 Å². The summed E-state index contributed by atoms with van der Waals surface area (Å²) in [6.45, 7) is 2.75. The molecule has 0 saturated heterocycles. The maximum absolute atomic E-state index is 12.4. The third kappa shape index (κ3) is 1.62. The van der Waals surface area contributed by atoms with Crippen LogP contribution in [-0.4, -0.2) is 29.1 Å². The predicted octanol–water partition coefficient (Wildman–Crippen LogP) is 1.44. The van der Waals surface area contributed by atoms with Gasteiger partial charge in [0.05, 0.1) is 12.6 Å². The SMILES string of the molecule is CCCn1c2nc[nH]c2c(=O)n2nc(-c3ccco3)nc12. The van der Waals surface area contributed by atoms with Gasteiger partial charge in [0, 0.05) is 6.54 Å². The van der Waals surface area contributed by atoms with E-state index in [2.05, 4.69) is 27.0 Å². The molecule has 106 valence electrons. The van der Waals surface area contributed by atoms with Crippen LogP contribution >= 0.6 is 0 Å². The molecule has 0 bridgehead atoms. The van der Waals surface area contributed by atoms with Crippen molar-refractivity contribution in [2.45, 2.75) is 19.9 Å². The summed E-state index contributed by atoms with van der Waals surface area (Å²) in [7, 11) is 0. The van der Waals surface area contributed by atoms with Gasteiger partial charge in [0.25, 0.3) is 0 Å². The minimum absolute atomic E-state index is 0.268. The minimum atomic E-state index is -0.268. The number of rotatable bonds is 3. The van der Waals surface area contributed by atoms with Gasteiger partial charge >= 0.3 is 5.56 Å². The summed E-state index contributed by atoms with van der Waals surface area (Å²) in [5, 5.41) is 4.26. The van der Waals surface area contributed by atoms with Crippen LogP contribution in [0.25, 0.3) is 28.5 Å². The molecule has 0 fully saturated rings. The molecule has 0 aliphatic heterocycles. The Morgan fingerprint density at radius 1 is 1.43 bits per heavy atom. The highest BCUT2D eigenvalue weighted by molar-refractivity contribution is 5.72. The van der Waals surface area contributed by atoms with Crippen molar-refractivity contribution >= 4 is 16.9 Å². The Bertz CT molecular complexity index is 976. The van der Waals surface area contributed by atoms with Gasteiger partial charge in [0.2, 0.25) is 11.6 Å². The lowest BCUT2D eigenvalue weighted by Crippen LogP contribution is -2.20. The van der Waals surface area contributed by atoms with E-state index in [9.17, 15) is 4.79 Å². The molecule has 8 heteroatoms. The average Bonchev–Trinajstić information content (AvgIpc) is 3.22. The van der Waals surface area contributed by atoms with Crippen molar-refractivity contribution in [1.82, 2.24) is 29.1 Å². The molecule has 8 nitrogen and oxygen atoms in total. The van der Waals surface area contributed by atoms with Crippen LogP contribution < -0.4 is 5.56 Å². The summed E-state index contributed by atoms with van der Waals surface area (Å²) in [5.41, 5.74) is 0.745. The highest BCUT2D eigenvalue weighted by Gasteiger charge is 2.18. The van der Waals surface area contributed by atoms with Gasteiger partial charge in [-0.3, -0.25) is 9.36 Å². The van der Waals surface area contributed by atoms with Crippen molar-refractivity contribution in [1.29, 1.82) is 0 Å². The summed E-state index contributed by atoms with van der Waals surface area (Å²) >= 11 is 0. The fraction of sp³-hybridized carbons (Fsp3) is 0.231. The van der Waals surface area contributed by atoms with E-state index in [-0.39, 0.29) is 5.56 Å². The van der Waals surface area contributed by atoms with Crippen LogP contribution in [-0.2, 0) is 6.54 Å². The number of hydrogen-bond acceptors (Lipinski definition) is 5. The van der Waals surface area contributed by atoms with Crippen LogP contribution in [0.5, 0.6) is 0 Å². The van der Waals surface area contributed by atoms with Gasteiger partial charge in [0.15, 0.2) is 16.9 Å². The highest BCUT2D eigenvalue weighted by Crippen LogP contribution is 2.17. The number of furan rings is 1. The lowest BCUT2D eigenvalue weighted by molar-refractivity contribution is 0.577. The number of fused-ring (bicyclic) bond motifs is 2. The van der Waals surface area contributed by atoms with Crippen molar-refractivity contribution in [2.24, 2.45) is 0 Å². The zero-order chi connectivity index (χ0) is 14.4. The van der Waals surface area contributed by atoms with Gasteiger partial charge in [-0.2, -0.15) is 9.50 Å². The fourth-order valence-electron chi connectivity index (χ4n) is 2.40. The van der Waals surface area contributed by atoms with Gasteiger partial charge in [-0.15, -0.1) is 5.10 Å². The van der Waals surface area contributed by atoms with Crippen LogP contribution in [0.2, 0.25) is 0 Å². The van der Waals surface area contributed by atoms with Crippen molar-refractivity contribution in [3.05, 3.63) is 35.1 Å². The molecule has 0 aromatic carbocycles. The van der Waals surface area contributed by atoms with Crippen LogP contribution in [0.4, 0.5) is 0 Å². The largest absolute Gasteiger partial charge is 0.461 e. The lowest BCUT2D eigenvalue weighted by atomic mass is 10.4. The van der Waals surface area contributed by atoms with E-state index in [0.29, 0.717) is 35.1 Å². The van der Waals surface area contributed by atoms with Gasteiger partial charge < -0.3 is 9.40 Å². The van der Waals surface area contributed by atoms with Gasteiger partial charge in [-0.05, 0) is 18.6 Å². The van der Waals surface area contributed by atoms with Crippen LogP contribution in [0, 0.1) is 0 Å². The molecule has 4 aromatic heterocycles. The first-order chi connectivity index (χ1) is 10.3. The van der Waals surface area contributed by atoms with E-state index in [1.54, 1.807) is 18.4 Å². The summed E-state index contributed by atoms with van der Waals surface area (Å²) in [6, 6.07) is 3.51. The molecule has 0 aliphatic rings. The van der Waals surface area contributed by atoms with Gasteiger partial charge in [0.1, 0.15) is 0 Å². The zero-order valence-corrected chi connectivity index (χ0v) is 11.3. The number of aromatic nitrogens is 6. The van der Waals surface area contributed by atoms with Crippen LogP contribution in [0.3, 0.4) is 0 Å². The first kappa shape index (κ1) is 11.9. The Hall–Kier alpha value is -2.90. The predicted molar refractivity (Wildman–Crippen MR) is 74.9 cm³/mol. The normalized spacial score (nSPS) is 11.7. The fourth-order valence-corrected chi connectivity index (χ4v) is 2.40. The Morgan fingerprint density at radius 3 is 3.10 bits per heavy atom. The van der Waals surface area contributed by atoms with E-state index in [1.807, 2.05) is 4.57 Å². The molecular formula is C13H12N6O2. The Kier molecular flexibility index (Phi) is 2.44. The molecule has 0 spiro atoms. The molecule has 0 aliphatic carbocycles. The summed E-state index contributed by atoms with van der Waals surface area (Å²) in [4.78, 5) is 24.0. The standard InChI is InChI=1S/C13H12N6O2/c1-2-5-18-11-9(14-7-15-11)12(20)19-13(18)16-10(17-19)8-4-3-6-21-8/h3-4,6-7H,2,5H2,1H3,(H,14,15). The van der Waals surface area contributed by atoms with E-state index in [0.717, 1.165) is 6.42 Å². The molecule has 0 atom stereocenters. The Labute approximate surface area is 118 Å². The number of hydrogen-bond donors (Lipinski definition) is 1. The quantitative estimate of drug-likeness (QED) is 0.614. The smallest absolute Gasteiger partial charge is 0.301 e. The molecule has 4 rings (SSSR count). The third-order valence-electron chi connectivity index (χ3n) is 3.30. The summed E-state index contributed by atoms with van der Waals surface area (Å²) in [5.74, 6) is 1.38. The molecule has 21 heavy (non-hydrogen) atoms. The lowest BCUT2D eigenvalue weighted by Gasteiger charge is -2.06. The molecule has 0 saturated carbocycles. The Balaban J connectivity index is 2.11. The molecule has 1 N–H and O–H groups in total. The molecular weight excluding hydrogens is 272 g/mol. The maximum Gasteiger partial charge on any atom is 0.301 e. The Morgan fingerprint density at radius 2 is 2.33 bits per heavy atom. The molecule has 4 aromatic rings. The van der Waals surface area contributed by atoms with E-state index >= 15 is 0 Å². The third-order valence-corrected chi connectivity index (χ3v) is 3.30. The van der Waals surface area contributed by atoms with Crippen molar-refractivity contribution in [3.63, 3.8) is 0 Å². The average molecular weight is 284 g/mol. The maximum atomic E-state index is 12.4. The molecule has 0 amide bonds. The number of nitrogens with zero attached hydrogens (tertiary/aromatic N) is 5. The number of aryl methyl sites for hydroxylation is 1. The van der Waals surface area contributed by atoms with Crippen LogP contribution in [0.15, 0.2) is 33.9 Å². The second-order valence-corrected chi connectivity index (χ2v) is 4.68. The summed E-state index contributed by atoms with van der Waals surface area (Å²) in [6.07, 6.45) is 3.94. The number of imidazole rings is 1. The molecule has 4 heterocycles.